The van der Waals surface area contributed by atoms with Crippen molar-refractivity contribution < 1.29 is 13.8 Å². The Morgan fingerprint density at radius 3 is 2.85 bits per heavy atom. The Balaban J connectivity index is 2.40. The lowest BCUT2D eigenvalue weighted by Gasteiger charge is -2.24. The Labute approximate surface area is 112 Å². The molecule has 1 amide bonds. The Kier molecular flexibility index (Phi) is 2.45. The molecule has 1 aliphatic heterocycles. The quantitative estimate of drug-likeness (QED) is 0.653. The summed E-state index contributed by atoms with van der Waals surface area (Å²) in [6, 6.07) is 0. The van der Waals surface area contributed by atoms with Crippen molar-refractivity contribution in [3.05, 3.63) is 17.6 Å². The maximum atomic E-state index is 13.3. The zero-order chi connectivity index (χ0) is 14.7. The van der Waals surface area contributed by atoms with Gasteiger partial charge in [0.2, 0.25) is 6.41 Å². The number of nitrogens with zero attached hydrogens (tertiary/aromatic N) is 5. The van der Waals surface area contributed by atoms with Gasteiger partial charge in [-0.05, 0) is 13.8 Å². The Morgan fingerprint density at radius 2 is 2.25 bits per heavy atom. The van der Waals surface area contributed by atoms with Crippen LogP contribution < -0.4 is 10.6 Å². The maximum absolute atomic E-state index is 13.3. The van der Waals surface area contributed by atoms with Crippen molar-refractivity contribution in [1.82, 2.24) is 19.9 Å². The zero-order valence-electron chi connectivity index (χ0n) is 10.8. The third kappa shape index (κ3) is 1.38. The molecule has 0 spiro atoms. The number of carbonyl (C=O) groups is 1. The molecule has 9 heteroatoms. The molecular weight excluding hydrogens is 270 g/mol. The van der Waals surface area contributed by atoms with Crippen LogP contribution in [-0.4, -0.2) is 32.9 Å². The third-order valence-electron chi connectivity index (χ3n) is 3.64. The summed E-state index contributed by atoms with van der Waals surface area (Å²) >= 11 is 0. The van der Waals surface area contributed by atoms with Gasteiger partial charge in [-0.2, -0.15) is 5.10 Å². The molecule has 3 rings (SSSR count). The lowest BCUT2D eigenvalue weighted by molar-refractivity contribution is -0.226. The van der Waals surface area contributed by atoms with Gasteiger partial charge >= 0.3 is 0 Å². The summed E-state index contributed by atoms with van der Waals surface area (Å²) in [4.78, 5) is 16.4. The molecule has 2 N–H and O–H groups in total. The molecule has 0 aliphatic carbocycles. The van der Waals surface area contributed by atoms with Gasteiger partial charge in [-0.1, -0.05) is 0 Å². The molecule has 0 saturated heterocycles. The minimum absolute atomic E-state index is 0.182. The van der Waals surface area contributed by atoms with Gasteiger partial charge in [0.1, 0.15) is 11.2 Å². The maximum Gasteiger partial charge on any atom is 0.214 e. The molecule has 0 bridgehead atoms. The standard InChI is InChI=1S/C11H12F2N6O/c1-6-8(14)10-15-3-7-9(18(10)16-6)11(2,19(12)13)4-17(7)5-20/h3,5H,4,14H2,1-2H3/t11-/m0/s1. The SMILES string of the molecule is Cc1nn2c3c(cnc2c1N)N(C=O)C[C@]3(C)N(F)F. The van der Waals surface area contributed by atoms with Crippen LogP contribution in [0.15, 0.2) is 6.20 Å². The topological polar surface area (TPSA) is 79.8 Å². The first-order valence-corrected chi connectivity index (χ1v) is 5.88. The van der Waals surface area contributed by atoms with Crippen molar-refractivity contribution in [2.75, 3.05) is 17.2 Å². The van der Waals surface area contributed by atoms with Crippen LogP contribution in [0.4, 0.5) is 20.3 Å². The summed E-state index contributed by atoms with van der Waals surface area (Å²) in [6.07, 6.45) is 1.87. The lowest BCUT2D eigenvalue weighted by Crippen LogP contribution is -2.39. The summed E-state index contributed by atoms with van der Waals surface area (Å²) < 4.78 is 28.0. The number of aryl methyl sites for hydroxylation is 1. The van der Waals surface area contributed by atoms with E-state index in [0.29, 0.717) is 29.1 Å². The van der Waals surface area contributed by atoms with Crippen LogP contribution in [0, 0.1) is 6.92 Å². The Bertz CT molecular complexity index is 714. The Morgan fingerprint density at radius 1 is 1.55 bits per heavy atom. The molecular formula is C11H12F2N6O. The largest absolute Gasteiger partial charge is 0.394 e. The minimum atomic E-state index is -1.66. The first-order valence-electron chi connectivity index (χ1n) is 5.88. The highest BCUT2D eigenvalue weighted by molar-refractivity contribution is 5.82. The van der Waals surface area contributed by atoms with E-state index in [0.717, 1.165) is 0 Å². The van der Waals surface area contributed by atoms with Crippen molar-refractivity contribution in [3.63, 3.8) is 0 Å². The Hall–Kier alpha value is -2.29. The van der Waals surface area contributed by atoms with Crippen molar-refractivity contribution in [2.45, 2.75) is 19.4 Å². The number of amides is 1. The highest BCUT2D eigenvalue weighted by atomic mass is 19.4. The second-order valence-electron chi connectivity index (χ2n) is 4.97. The fraction of sp³-hybridized carbons (Fsp3) is 0.364. The van der Waals surface area contributed by atoms with Crippen molar-refractivity contribution >= 4 is 23.4 Å². The van der Waals surface area contributed by atoms with Crippen LogP contribution in [0.25, 0.3) is 5.65 Å². The minimum Gasteiger partial charge on any atom is -0.394 e. The number of nitrogens with two attached hydrogens (primary N) is 1. The van der Waals surface area contributed by atoms with Gasteiger partial charge in [-0.3, -0.25) is 4.79 Å². The van der Waals surface area contributed by atoms with E-state index in [-0.39, 0.29) is 12.2 Å². The molecule has 1 atom stereocenters. The van der Waals surface area contributed by atoms with E-state index in [1.54, 1.807) is 6.92 Å². The molecule has 2 aromatic heterocycles. The molecule has 2 aromatic rings. The predicted octanol–water partition coefficient (Wildman–Crippen LogP) is 0.883. The number of hydrogen-bond acceptors (Lipinski definition) is 5. The molecule has 0 fully saturated rings. The first-order chi connectivity index (χ1) is 9.40. The fourth-order valence-corrected chi connectivity index (χ4v) is 2.53. The zero-order valence-corrected chi connectivity index (χ0v) is 10.8. The van der Waals surface area contributed by atoms with Gasteiger partial charge in [-0.25, -0.2) is 9.50 Å². The van der Waals surface area contributed by atoms with Crippen LogP contribution in [-0.2, 0) is 10.3 Å². The molecule has 0 saturated carbocycles. The average molecular weight is 282 g/mol. The number of anilines is 2. The van der Waals surface area contributed by atoms with E-state index < -0.39 is 10.9 Å². The molecule has 0 radical (unpaired) electrons. The number of rotatable bonds is 2. The molecule has 20 heavy (non-hydrogen) atoms. The summed E-state index contributed by atoms with van der Waals surface area (Å²) in [6.45, 7) is 2.82. The monoisotopic (exact) mass is 282 g/mol. The summed E-state index contributed by atoms with van der Waals surface area (Å²) in [7, 11) is 0. The van der Waals surface area contributed by atoms with E-state index >= 15 is 0 Å². The van der Waals surface area contributed by atoms with E-state index in [9.17, 15) is 13.8 Å². The van der Waals surface area contributed by atoms with Crippen LogP contribution in [0.1, 0.15) is 18.3 Å². The van der Waals surface area contributed by atoms with E-state index in [1.807, 2.05) is 0 Å². The molecule has 7 nitrogen and oxygen atoms in total. The van der Waals surface area contributed by atoms with Crippen molar-refractivity contribution in [1.29, 1.82) is 0 Å². The van der Waals surface area contributed by atoms with Gasteiger partial charge in [0.25, 0.3) is 0 Å². The van der Waals surface area contributed by atoms with Crippen LogP contribution in [0.5, 0.6) is 0 Å². The summed E-state index contributed by atoms with van der Waals surface area (Å²) in [5.74, 6) is 0. The van der Waals surface area contributed by atoms with Gasteiger partial charge in [0, 0.05) is 5.34 Å². The number of nitrogen functional groups attached to an aromatic ring is 1. The highest BCUT2D eigenvalue weighted by Gasteiger charge is 2.48. The second kappa shape index (κ2) is 3.85. The smallest absolute Gasteiger partial charge is 0.214 e. The third-order valence-corrected chi connectivity index (χ3v) is 3.64. The van der Waals surface area contributed by atoms with E-state index in [4.69, 9.17) is 5.73 Å². The van der Waals surface area contributed by atoms with Gasteiger partial charge < -0.3 is 10.6 Å². The van der Waals surface area contributed by atoms with E-state index in [1.165, 1.54) is 22.5 Å². The fourth-order valence-electron chi connectivity index (χ4n) is 2.53. The molecule has 0 unspecified atom stereocenters. The van der Waals surface area contributed by atoms with Crippen LogP contribution in [0.3, 0.4) is 0 Å². The van der Waals surface area contributed by atoms with Gasteiger partial charge in [-0.15, -0.1) is 8.96 Å². The van der Waals surface area contributed by atoms with Crippen LogP contribution in [0.2, 0.25) is 0 Å². The molecule has 106 valence electrons. The highest BCUT2D eigenvalue weighted by Crippen LogP contribution is 2.43. The second-order valence-corrected chi connectivity index (χ2v) is 4.97. The summed E-state index contributed by atoms with van der Waals surface area (Å²) in [5, 5.41) is 3.24. The van der Waals surface area contributed by atoms with Crippen molar-refractivity contribution in [2.24, 2.45) is 0 Å². The molecule has 1 aliphatic rings. The number of carbonyl (C=O) groups excluding carboxylic acids is 1. The van der Waals surface area contributed by atoms with Crippen molar-refractivity contribution in [3.8, 4) is 0 Å². The van der Waals surface area contributed by atoms with Crippen LogP contribution >= 0.6 is 0 Å². The number of halogens is 2. The summed E-state index contributed by atoms with van der Waals surface area (Å²) in [5.41, 5.74) is 5.81. The molecule has 3 heterocycles. The normalized spacial score (nSPS) is 21.8. The number of hydrogen-bond donors (Lipinski definition) is 1. The van der Waals surface area contributed by atoms with Gasteiger partial charge in [0.15, 0.2) is 5.65 Å². The lowest BCUT2D eigenvalue weighted by atomic mass is 10.0. The van der Waals surface area contributed by atoms with E-state index in [2.05, 4.69) is 10.1 Å². The first kappa shape index (κ1) is 12.7. The average Bonchev–Trinajstić information content (AvgIpc) is 2.87. The number of fused-ring (bicyclic) bond motifs is 3. The predicted molar refractivity (Wildman–Crippen MR) is 67.0 cm³/mol. The molecule has 0 aromatic carbocycles. The van der Waals surface area contributed by atoms with Gasteiger partial charge in [0.05, 0.1) is 29.8 Å². The number of aromatic nitrogens is 3.